The number of carbonyl (C=O) groups is 1. The number of amides is 1. The van der Waals surface area contributed by atoms with Gasteiger partial charge in [-0.05, 0) is 65.3 Å². The molecule has 2 atom stereocenters. The highest BCUT2D eigenvalue weighted by Crippen LogP contribution is 2.66. The summed E-state index contributed by atoms with van der Waals surface area (Å²) in [5, 5.41) is 8.49. The van der Waals surface area contributed by atoms with Gasteiger partial charge in [0.1, 0.15) is 3.70 Å². The summed E-state index contributed by atoms with van der Waals surface area (Å²) in [5.74, 6) is 0.480. The van der Waals surface area contributed by atoms with Crippen LogP contribution in [-0.4, -0.2) is 23.2 Å². The molecule has 1 spiro atoms. The quantitative estimate of drug-likeness (QED) is 0.597. The van der Waals surface area contributed by atoms with Gasteiger partial charge in [0.15, 0.2) is 0 Å². The molecule has 0 saturated heterocycles. The molecule has 5 heteroatoms. The first-order valence-corrected chi connectivity index (χ1v) is 9.13. The summed E-state index contributed by atoms with van der Waals surface area (Å²) in [7, 11) is 1.89. The Labute approximate surface area is 153 Å². The molecule has 1 fully saturated rings. The van der Waals surface area contributed by atoms with Gasteiger partial charge in [-0.1, -0.05) is 23.8 Å². The number of likely N-dealkylation sites (N-methyl/N-ethyl adjacent to an activating group) is 1. The smallest absolute Gasteiger partial charge is 0.238 e. The zero-order chi connectivity index (χ0) is 16.6. The SMILES string of the molecule is Cc1ccc2c(c1)[C@]1(C[C@H]1c1ccc3c(I)n[nH]c3c1)C(=O)N2C. The van der Waals surface area contributed by atoms with Crippen molar-refractivity contribution in [2.45, 2.75) is 24.7 Å². The monoisotopic (exact) mass is 429 g/mol. The van der Waals surface area contributed by atoms with Crippen LogP contribution in [0, 0.1) is 10.6 Å². The first-order valence-electron chi connectivity index (χ1n) is 8.05. The predicted molar refractivity (Wildman–Crippen MR) is 102 cm³/mol. The molecule has 1 N–H and O–H groups in total. The number of carbonyl (C=O) groups excluding carboxylic acids is 1. The van der Waals surface area contributed by atoms with Crippen molar-refractivity contribution in [2.24, 2.45) is 0 Å². The first-order chi connectivity index (χ1) is 11.5. The summed E-state index contributed by atoms with van der Waals surface area (Å²) in [6.07, 6.45) is 0.892. The van der Waals surface area contributed by atoms with Crippen LogP contribution in [0.5, 0.6) is 0 Å². The van der Waals surface area contributed by atoms with Crippen LogP contribution in [0.2, 0.25) is 0 Å². The van der Waals surface area contributed by atoms with E-state index in [1.165, 1.54) is 16.7 Å². The zero-order valence-electron chi connectivity index (χ0n) is 13.4. The van der Waals surface area contributed by atoms with Gasteiger partial charge >= 0.3 is 0 Å². The van der Waals surface area contributed by atoms with Gasteiger partial charge in [0.25, 0.3) is 0 Å². The number of anilines is 1. The number of rotatable bonds is 1. The molecule has 1 amide bonds. The molecule has 2 aliphatic rings. The third kappa shape index (κ3) is 1.68. The molecule has 2 heterocycles. The zero-order valence-corrected chi connectivity index (χ0v) is 15.6. The fraction of sp³-hybridized carbons (Fsp3) is 0.263. The Kier molecular flexibility index (Phi) is 2.77. The molecular weight excluding hydrogens is 413 g/mol. The van der Waals surface area contributed by atoms with Crippen molar-refractivity contribution >= 4 is 45.1 Å². The summed E-state index contributed by atoms with van der Waals surface area (Å²) < 4.78 is 0.984. The van der Waals surface area contributed by atoms with Crippen LogP contribution < -0.4 is 4.90 Å². The Morgan fingerprint density at radius 2 is 2.12 bits per heavy atom. The fourth-order valence-corrected chi connectivity index (χ4v) is 4.83. The average Bonchev–Trinajstić information content (AvgIpc) is 3.19. The van der Waals surface area contributed by atoms with Crippen molar-refractivity contribution < 1.29 is 4.79 Å². The maximum Gasteiger partial charge on any atom is 0.238 e. The van der Waals surface area contributed by atoms with Gasteiger partial charge in [0.05, 0.1) is 10.9 Å². The van der Waals surface area contributed by atoms with Gasteiger partial charge in [-0.3, -0.25) is 9.89 Å². The van der Waals surface area contributed by atoms with E-state index in [9.17, 15) is 4.79 Å². The third-order valence-electron chi connectivity index (χ3n) is 5.58. The van der Waals surface area contributed by atoms with E-state index in [-0.39, 0.29) is 17.2 Å². The van der Waals surface area contributed by atoms with Crippen molar-refractivity contribution in [1.29, 1.82) is 0 Å². The number of aryl methyl sites for hydroxylation is 1. The Balaban J connectivity index is 1.63. The van der Waals surface area contributed by atoms with E-state index in [0.717, 1.165) is 26.7 Å². The maximum absolute atomic E-state index is 13.0. The average molecular weight is 429 g/mol. The molecule has 4 nitrogen and oxygen atoms in total. The lowest BCUT2D eigenvalue weighted by Crippen LogP contribution is -2.29. The van der Waals surface area contributed by atoms with Gasteiger partial charge in [0, 0.05) is 24.0 Å². The van der Waals surface area contributed by atoms with E-state index in [1.54, 1.807) is 0 Å². The van der Waals surface area contributed by atoms with E-state index in [0.29, 0.717) is 0 Å². The van der Waals surface area contributed by atoms with Crippen LogP contribution in [0.25, 0.3) is 10.9 Å². The molecule has 24 heavy (non-hydrogen) atoms. The second-order valence-corrected chi connectivity index (χ2v) is 7.95. The van der Waals surface area contributed by atoms with Gasteiger partial charge in [-0.2, -0.15) is 5.10 Å². The minimum atomic E-state index is -0.364. The Morgan fingerprint density at radius 3 is 2.96 bits per heavy atom. The molecule has 1 aliphatic carbocycles. The van der Waals surface area contributed by atoms with Crippen LogP contribution in [0.3, 0.4) is 0 Å². The number of fused-ring (bicyclic) bond motifs is 3. The topological polar surface area (TPSA) is 49.0 Å². The summed E-state index contributed by atoms with van der Waals surface area (Å²) in [4.78, 5) is 14.8. The van der Waals surface area contributed by atoms with Crippen LogP contribution in [-0.2, 0) is 10.2 Å². The molecule has 1 aromatic heterocycles. The summed E-state index contributed by atoms with van der Waals surface area (Å²) >= 11 is 2.24. The third-order valence-corrected chi connectivity index (χ3v) is 6.41. The number of hydrogen-bond acceptors (Lipinski definition) is 2. The largest absolute Gasteiger partial charge is 0.314 e. The number of nitrogens with one attached hydrogen (secondary N) is 1. The van der Waals surface area contributed by atoms with Gasteiger partial charge in [-0.15, -0.1) is 0 Å². The Bertz CT molecular complexity index is 1020. The molecular formula is C19H16IN3O. The van der Waals surface area contributed by atoms with Crippen molar-refractivity contribution in [1.82, 2.24) is 10.2 Å². The lowest BCUT2D eigenvalue weighted by atomic mass is 9.91. The van der Waals surface area contributed by atoms with Crippen LogP contribution in [0.15, 0.2) is 36.4 Å². The maximum atomic E-state index is 13.0. The summed E-state index contributed by atoms with van der Waals surface area (Å²) in [5.41, 5.74) is 5.36. The number of benzene rings is 2. The van der Waals surface area contributed by atoms with Crippen molar-refractivity contribution in [2.75, 3.05) is 11.9 Å². The molecule has 0 radical (unpaired) electrons. The van der Waals surface area contributed by atoms with Gasteiger partial charge in [0.2, 0.25) is 5.91 Å². The highest BCUT2D eigenvalue weighted by molar-refractivity contribution is 14.1. The number of aromatic amines is 1. The van der Waals surface area contributed by atoms with Crippen molar-refractivity contribution in [3.8, 4) is 0 Å². The Morgan fingerprint density at radius 1 is 1.29 bits per heavy atom. The predicted octanol–water partition coefficient (Wildman–Crippen LogP) is 3.88. The molecule has 3 aromatic rings. The van der Waals surface area contributed by atoms with Crippen LogP contribution >= 0.6 is 22.6 Å². The lowest BCUT2D eigenvalue weighted by Gasteiger charge is -2.11. The molecule has 1 saturated carbocycles. The van der Waals surface area contributed by atoms with Gasteiger partial charge < -0.3 is 4.90 Å². The fourth-order valence-electron chi connectivity index (χ4n) is 4.24. The van der Waals surface area contributed by atoms with E-state index in [1.807, 2.05) is 11.9 Å². The van der Waals surface area contributed by atoms with E-state index in [4.69, 9.17) is 0 Å². The highest BCUT2D eigenvalue weighted by Gasteiger charge is 2.66. The highest BCUT2D eigenvalue weighted by atomic mass is 127. The summed E-state index contributed by atoms with van der Waals surface area (Å²) in [6, 6.07) is 12.8. The van der Waals surface area contributed by atoms with Crippen LogP contribution in [0.4, 0.5) is 5.69 Å². The Hall–Kier alpha value is -1.89. The number of H-pyrrole nitrogens is 1. The second kappa shape index (κ2) is 4.59. The summed E-state index contributed by atoms with van der Waals surface area (Å²) in [6.45, 7) is 2.09. The van der Waals surface area contributed by atoms with E-state index in [2.05, 4.69) is 76.1 Å². The van der Waals surface area contributed by atoms with E-state index >= 15 is 0 Å². The molecule has 5 rings (SSSR count). The molecule has 1 aliphatic heterocycles. The minimum absolute atomic E-state index is 0.229. The molecule has 120 valence electrons. The standard InChI is InChI=1S/C19H16IN3O/c1-10-3-6-16-13(7-10)19(18(24)23(16)2)9-14(19)11-4-5-12-15(8-11)21-22-17(12)20/h3-8,14H,9H2,1-2H3,(H,21,22)/t14-,19-/m0/s1. The second-order valence-electron chi connectivity index (χ2n) is 6.93. The number of aromatic nitrogens is 2. The van der Waals surface area contributed by atoms with Gasteiger partial charge in [-0.25, -0.2) is 0 Å². The molecule has 2 aromatic carbocycles. The number of nitrogens with zero attached hydrogens (tertiary/aromatic N) is 2. The van der Waals surface area contributed by atoms with Crippen molar-refractivity contribution in [3.05, 3.63) is 56.8 Å². The molecule has 0 unspecified atom stereocenters. The minimum Gasteiger partial charge on any atom is -0.314 e. The normalized spacial score (nSPS) is 24.9. The lowest BCUT2D eigenvalue weighted by molar-refractivity contribution is -0.120. The van der Waals surface area contributed by atoms with E-state index < -0.39 is 0 Å². The van der Waals surface area contributed by atoms with Crippen LogP contribution in [0.1, 0.15) is 29.0 Å². The van der Waals surface area contributed by atoms with Crippen molar-refractivity contribution in [3.63, 3.8) is 0 Å². The molecule has 0 bridgehead atoms. The number of hydrogen-bond donors (Lipinski definition) is 1. The number of halogens is 1. The first kappa shape index (κ1) is 14.5.